The van der Waals surface area contributed by atoms with Gasteiger partial charge in [0.1, 0.15) is 5.75 Å². The van der Waals surface area contributed by atoms with Crippen molar-refractivity contribution in [1.29, 1.82) is 0 Å². The van der Waals surface area contributed by atoms with Crippen LogP contribution in [0.1, 0.15) is 12.0 Å². The van der Waals surface area contributed by atoms with E-state index in [1.807, 2.05) is 0 Å². The first kappa shape index (κ1) is 13.7. The van der Waals surface area contributed by atoms with Gasteiger partial charge in [0.05, 0.1) is 7.11 Å². The Labute approximate surface area is 124 Å². The molecule has 2 aliphatic rings. The molecule has 8 heteroatoms. The number of halogens is 1. The van der Waals surface area contributed by atoms with E-state index in [0.717, 1.165) is 0 Å². The molecule has 7 nitrogen and oxygen atoms in total. The standard InChI is InChI=1S/C13H11ClN2O5/c1-20-10(17)9-5-13(11(18)15-12(19)16-13)7-4-6(14)2-3-8(7)21-9/h2-4,9H,5H2,1H3,(H2,15,16,18,19). The van der Waals surface area contributed by atoms with Crippen LogP contribution >= 0.6 is 11.6 Å². The van der Waals surface area contributed by atoms with Crippen LogP contribution in [0.4, 0.5) is 4.79 Å². The van der Waals surface area contributed by atoms with Crippen molar-refractivity contribution in [3.63, 3.8) is 0 Å². The molecule has 0 bridgehead atoms. The number of rotatable bonds is 1. The number of hydrogen-bond donors (Lipinski definition) is 2. The average Bonchev–Trinajstić information content (AvgIpc) is 2.73. The molecular formula is C13H11ClN2O5. The first-order valence-electron chi connectivity index (χ1n) is 6.14. The molecule has 2 N–H and O–H groups in total. The maximum Gasteiger partial charge on any atom is 0.347 e. The Morgan fingerprint density at radius 3 is 2.86 bits per heavy atom. The number of benzene rings is 1. The van der Waals surface area contributed by atoms with E-state index in [4.69, 9.17) is 16.3 Å². The van der Waals surface area contributed by atoms with Crippen LogP contribution in [0.3, 0.4) is 0 Å². The predicted molar refractivity (Wildman–Crippen MR) is 70.9 cm³/mol. The largest absolute Gasteiger partial charge is 0.478 e. The quantitative estimate of drug-likeness (QED) is 0.588. The highest BCUT2D eigenvalue weighted by Crippen LogP contribution is 2.42. The minimum Gasteiger partial charge on any atom is -0.478 e. The lowest BCUT2D eigenvalue weighted by Crippen LogP contribution is -2.52. The second-order valence-corrected chi connectivity index (χ2v) is 5.22. The molecule has 1 aromatic rings. The van der Waals surface area contributed by atoms with Crippen LogP contribution in [-0.2, 0) is 19.9 Å². The highest BCUT2D eigenvalue weighted by atomic mass is 35.5. The molecule has 2 unspecified atom stereocenters. The smallest absolute Gasteiger partial charge is 0.347 e. The van der Waals surface area contributed by atoms with Gasteiger partial charge < -0.3 is 14.8 Å². The van der Waals surface area contributed by atoms with Gasteiger partial charge in [-0.15, -0.1) is 0 Å². The Balaban J connectivity index is 2.14. The number of nitrogens with one attached hydrogen (secondary N) is 2. The van der Waals surface area contributed by atoms with Crippen LogP contribution in [0.25, 0.3) is 0 Å². The fourth-order valence-corrected chi connectivity index (χ4v) is 2.78. The lowest BCUT2D eigenvalue weighted by Gasteiger charge is -2.36. The van der Waals surface area contributed by atoms with Gasteiger partial charge in [-0.1, -0.05) is 11.6 Å². The van der Waals surface area contributed by atoms with Gasteiger partial charge in [0, 0.05) is 17.0 Å². The van der Waals surface area contributed by atoms with Gasteiger partial charge in [-0.3, -0.25) is 10.1 Å². The summed E-state index contributed by atoms with van der Waals surface area (Å²) in [6.07, 6.45) is -1.06. The lowest BCUT2D eigenvalue weighted by atomic mass is 9.82. The monoisotopic (exact) mass is 310 g/mol. The maximum absolute atomic E-state index is 12.2. The van der Waals surface area contributed by atoms with E-state index in [1.165, 1.54) is 13.2 Å². The summed E-state index contributed by atoms with van der Waals surface area (Å²) in [6, 6.07) is 4.03. The Kier molecular flexibility index (Phi) is 3.02. The van der Waals surface area contributed by atoms with E-state index in [0.29, 0.717) is 16.3 Å². The first-order chi connectivity index (χ1) is 9.96. The van der Waals surface area contributed by atoms with Gasteiger partial charge >= 0.3 is 12.0 Å². The van der Waals surface area contributed by atoms with E-state index in [1.54, 1.807) is 12.1 Å². The third-order valence-corrected chi connectivity index (χ3v) is 3.80. The number of amides is 3. The number of ether oxygens (including phenoxy) is 2. The summed E-state index contributed by atoms with van der Waals surface area (Å²) in [5, 5.41) is 5.13. The van der Waals surface area contributed by atoms with Gasteiger partial charge in [-0.2, -0.15) is 0 Å². The minimum atomic E-state index is -1.38. The summed E-state index contributed by atoms with van der Waals surface area (Å²) in [6.45, 7) is 0. The molecular weight excluding hydrogens is 300 g/mol. The van der Waals surface area contributed by atoms with E-state index in [2.05, 4.69) is 15.4 Å². The molecule has 2 atom stereocenters. The predicted octanol–water partition coefficient (Wildman–Crippen LogP) is 0.699. The third kappa shape index (κ3) is 2.01. The molecule has 1 aromatic carbocycles. The van der Waals surface area contributed by atoms with Gasteiger partial charge in [-0.25, -0.2) is 9.59 Å². The topological polar surface area (TPSA) is 93.7 Å². The minimum absolute atomic E-state index is 0.0649. The van der Waals surface area contributed by atoms with Crippen molar-refractivity contribution in [1.82, 2.24) is 10.6 Å². The van der Waals surface area contributed by atoms with Crippen molar-refractivity contribution in [2.75, 3.05) is 7.11 Å². The second-order valence-electron chi connectivity index (χ2n) is 4.79. The normalized spacial score (nSPS) is 26.7. The van der Waals surface area contributed by atoms with Crippen molar-refractivity contribution >= 4 is 29.5 Å². The molecule has 1 saturated heterocycles. The van der Waals surface area contributed by atoms with Crippen LogP contribution in [0.2, 0.25) is 5.02 Å². The van der Waals surface area contributed by atoms with E-state index in [9.17, 15) is 14.4 Å². The molecule has 3 rings (SSSR count). The zero-order chi connectivity index (χ0) is 15.2. The summed E-state index contributed by atoms with van der Waals surface area (Å²) in [4.78, 5) is 35.5. The van der Waals surface area contributed by atoms with Crippen molar-refractivity contribution in [3.8, 4) is 5.75 Å². The van der Waals surface area contributed by atoms with Crippen LogP contribution in [0, 0.1) is 0 Å². The Hall–Kier alpha value is -2.28. The summed E-state index contributed by atoms with van der Waals surface area (Å²) >= 11 is 5.96. The Morgan fingerprint density at radius 1 is 1.48 bits per heavy atom. The van der Waals surface area contributed by atoms with E-state index in [-0.39, 0.29) is 6.42 Å². The molecule has 0 aliphatic carbocycles. The molecule has 110 valence electrons. The number of esters is 1. The molecule has 2 heterocycles. The fourth-order valence-electron chi connectivity index (χ4n) is 2.61. The molecule has 0 saturated carbocycles. The molecule has 1 spiro atoms. The number of hydrogen-bond acceptors (Lipinski definition) is 5. The van der Waals surface area contributed by atoms with Crippen LogP contribution in [-0.4, -0.2) is 31.1 Å². The highest BCUT2D eigenvalue weighted by molar-refractivity contribution is 6.30. The van der Waals surface area contributed by atoms with Gasteiger partial charge in [0.15, 0.2) is 11.6 Å². The number of urea groups is 1. The van der Waals surface area contributed by atoms with Crippen LogP contribution in [0.5, 0.6) is 5.75 Å². The van der Waals surface area contributed by atoms with E-state index < -0.39 is 29.6 Å². The maximum atomic E-state index is 12.2. The molecule has 0 radical (unpaired) electrons. The summed E-state index contributed by atoms with van der Waals surface area (Å²) in [5.74, 6) is -0.865. The zero-order valence-corrected chi connectivity index (χ0v) is 11.7. The molecule has 0 aromatic heterocycles. The average molecular weight is 311 g/mol. The van der Waals surface area contributed by atoms with Crippen molar-refractivity contribution in [3.05, 3.63) is 28.8 Å². The van der Waals surface area contributed by atoms with Crippen LogP contribution in [0.15, 0.2) is 18.2 Å². The van der Waals surface area contributed by atoms with E-state index >= 15 is 0 Å². The Morgan fingerprint density at radius 2 is 2.24 bits per heavy atom. The number of imide groups is 1. The number of carbonyl (C=O) groups excluding carboxylic acids is 3. The zero-order valence-electron chi connectivity index (χ0n) is 10.9. The summed E-state index contributed by atoms with van der Waals surface area (Å²) < 4.78 is 10.2. The molecule has 2 aliphatic heterocycles. The second kappa shape index (κ2) is 4.63. The Bertz CT molecular complexity index is 662. The van der Waals surface area contributed by atoms with Gasteiger partial charge in [-0.05, 0) is 18.2 Å². The number of fused-ring (bicyclic) bond motifs is 2. The highest BCUT2D eigenvalue weighted by Gasteiger charge is 2.54. The fraction of sp³-hybridized carbons (Fsp3) is 0.308. The molecule has 3 amide bonds. The van der Waals surface area contributed by atoms with Gasteiger partial charge in [0.25, 0.3) is 5.91 Å². The summed E-state index contributed by atoms with van der Waals surface area (Å²) in [7, 11) is 1.23. The van der Waals surface area contributed by atoms with Gasteiger partial charge in [0.2, 0.25) is 0 Å². The lowest BCUT2D eigenvalue weighted by molar-refractivity contribution is -0.151. The number of methoxy groups -OCH3 is 1. The molecule has 21 heavy (non-hydrogen) atoms. The van der Waals surface area contributed by atoms with Crippen LogP contribution < -0.4 is 15.4 Å². The number of carbonyl (C=O) groups is 3. The third-order valence-electron chi connectivity index (χ3n) is 3.57. The van der Waals surface area contributed by atoms with Crippen molar-refractivity contribution in [2.45, 2.75) is 18.1 Å². The SMILES string of the molecule is COC(=O)C1CC2(NC(=O)NC2=O)c2cc(Cl)ccc2O1. The van der Waals surface area contributed by atoms with Crippen molar-refractivity contribution in [2.24, 2.45) is 0 Å². The summed E-state index contributed by atoms with van der Waals surface area (Å²) in [5.41, 5.74) is -0.965. The first-order valence-corrected chi connectivity index (χ1v) is 6.52. The molecule has 1 fully saturated rings. The van der Waals surface area contributed by atoms with Crippen molar-refractivity contribution < 1.29 is 23.9 Å².